The highest BCUT2D eigenvalue weighted by molar-refractivity contribution is 7.25. The van der Waals surface area contributed by atoms with Gasteiger partial charge < -0.3 is 4.57 Å². The molecule has 0 saturated heterocycles. The molecule has 3 nitrogen and oxygen atoms in total. The summed E-state index contributed by atoms with van der Waals surface area (Å²) in [5.74, 6) is 0.357. The van der Waals surface area contributed by atoms with Crippen molar-refractivity contribution in [2.24, 2.45) is 5.92 Å². The number of thiophene rings is 1. The molecular weight excluding hydrogens is 723 g/mol. The summed E-state index contributed by atoms with van der Waals surface area (Å²) >= 11 is 1.85. The largest absolute Gasteiger partial charge is 0.309 e. The number of rotatable bonds is 8. The zero-order valence-electron chi connectivity index (χ0n) is 32.6. The van der Waals surface area contributed by atoms with Gasteiger partial charge in [0.25, 0.3) is 0 Å². The van der Waals surface area contributed by atoms with Crippen LogP contribution in [-0.4, -0.2) is 14.5 Å². The smallest absolute Gasteiger partial charge is 0.0708 e. The van der Waals surface area contributed by atoms with Gasteiger partial charge >= 0.3 is 0 Å². The van der Waals surface area contributed by atoms with Gasteiger partial charge in [-0.3, -0.25) is 9.97 Å². The average molecular weight is 764 g/mol. The summed E-state index contributed by atoms with van der Waals surface area (Å²) in [5, 5.41) is 4.94. The van der Waals surface area contributed by atoms with Gasteiger partial charge in [0.15, 0.2) is 0 Å². The van der Waals surface area contributed by atoms with Gasteiger partial charge in [0.2, 0.25) is 0 Å². The van der Waals surface area contributed by atoms with Crippen molar-refractivity contribution in [1.29, 1.82) is 0 Å². The lowest BCUT2D eigenvalue weighted by molar-refractivity contribution is 0.757. The predicted molar refractivity (Wildman–Crippen MR) is 249 cm³/mol. The monoisotopic (exact) mass is 763 g/mol. The lowest BCUT2D eigenvalue weighted by Gasteiger charge is -2.22. The molecule has 10 rings (SSSR count). The highest BCUT2D eigenvalue weighted by Gasteiger charge is 2.22. The van der Waals surface area contributed by atoms with Crippen LogP contribution in [0.25, 0.3) is 86.8 Å². The highest BCUT2D eigenvalue weighted by Crippen LogP contribution is 2.43. The van der Waals surface area contributed by atoms with E-state index < -0.39 is 0 Å². The number of nitrogens with zero attached hydrogens (tertiary/aromatic N) is 3. The molecule has 0 N–H and O–H groups in total. The summed E-state index contributed by atoms with van der Waals surface area (Å²) in [5.41, 5.74) is 14.9. The molecular formula is C54H41N3S. The topological polar surface area (TPSA) is 30.7 Å². The van der Waals surface area contributed by atoms with Crippen LogP contribution < -0.4 is 0 Å². The van der Waals surface area contributed by atoms with Crippen molar-refractivity contribution in [1.82, 2.24) is 14.5 Å². The molecule has 4 heterocycles. The lowest BCUT2D eigenvalue weighted by atomic mass is 9.83. The average Bonchev–Trinajstić information content (AvgIpc) is 3.81. The van der Waals surface area contributed by atoms with E-state index in [9.17, 15) is 0 Å². The fourth-order valence-electron chi connectivity index (χ4n) is 8.71. The van der Waals surface area contributed by atoms with E-state index in [0.717, 1.165) is 45.8 Å². The standard InChI is InChI=1S/C54H41N3S/c1-4-6-15-36(5-2)37-23-27-52-46(31-37)47-34-40(24-28-53(47)58-52)57-50-25-21-38(41-16-7-8-17-43(41)48-19-9-11-29-55-48)32-44(50)45-33-39(22-26-51(45)57)42-18-13-14-35(3)54(42)49-20-10-12-30-56-49/h4-13,15-35H,2,14H2,1,3H3/b6-4-,36-15+. The normalized spacial score (nSPS) is 14.8. The molecule has 278 valence electrons. The fraction of sp³-hybridized carbons (Fsp3) is 0.0741. The first-order valence-electron chi connectivity index (χ1n) is 19.9. The number of fused-ring (bicyclic) bond motifs is 6. The van der Waals surface area contributed by atoms with E-state index in [-0.39, 0.29) is 0 Å². The van der Waals surface area contributed by atoms with Crippen molar-refractivity contribution < 1.29 is 0 Å². The second-order valence-corrected chi connectivity index (χ2v) is 16.1. The molecule has 0 bridgehead atoms. The minimum atomic E-state index is 0.357. The Labute approximate surface area is 343 Å². The Morgan fingerprint density at radius 1 is 0.690 bits per heavy atom. The van der Waals surface area contributed by atoms with Crippen LogP contribution in [-0.2, 0) is 0 Å². The van der Waals surface area contributed by atoms with Gasteiger partial charge in [-0.05, 0) is 137 Å². The van der Waals surface area contributed by atoms with Crippen LogP contribution in [0.5, 0.6) is 0 Å². The first-order valence-corrected chi connectivity index (χ1v) is 20.8. The summed E-state index contributed by atoms with van der Waals surface area (Å²) in [6, 6.07) is 48.7. The number of aromatic nitrogens is 3. The minimum absolute atomic E-state index is 0.357. The van der Waals surface area contributed by atoms with Crippen molar-refractivity contribution in [3.05, 3.63) is 206 Å². The van der Waals surface area contributed by atoms with Gasteiger partial charge in [0.05, 0.1) is 22.4 Å². The number of pyridine rings is 2. The van der Waals surface area contributed by atoms with Crippen LogP contribution in [0.3, 0.4) is 0 Å². The van der Waals surface area contributed by atoms with Gasteiger partial charge in [-0.15, -0.1) is 11.3 Å². The fourth-order valence-corrected chi connectivity index (χ4v) is 9.78. The van der Waals surface area contributed by atoms with Gasteiger partial charge in [-0.25, -0.2) is 0 Å². The second-order valence-electron chi connectivity index (χ2n) is 15.0. The van der Waals surface area contributed by atoms with Gasteiger partial charge in [0, 0.05) is 54.6 Å². The summed E-state index contributed by atoms with van der Waals surface area (Å²) in [4.78, 5) is 9.56. The molecule has 4 aromatic heterocycles. The quantitative estimate of drug-likeness (QED) is 0.144. The Morgan fingerprint density at radius 2 is 1.36 bits per heavy atom. The molecule has 0 saturated carbocycles. The van der Waals surface area contributed by atoms with E-state index in [1.807, 2.05) is 54.9 Å². The zero-order valence-corrected chi connectivity index (χ0v) is 33.4. The number of benzene rings is 5. The maximum absolute atomic E-state index is 4.83. The van der Waals surface area contributed by atoms with Crippen LogP contribution in [0, 0.1) is 5.92 Å². The van der Waals surface area contributed by atoms with E-state index in [0.29, 0.717) is 5.92 Å². The van der Waals surface area contributed by atoms with Crippen molar-refractivity contribution in [3.8, 4) is 28.1 Å². The minimum Gasteiger partial charge on any atom is -0.309 e. The molecule has 1 unspecified atom stereocenters. The van der Waals surface area contributed by atoms with Gasteiger partial charge in [0.1, 0.15) is 0 Å². The summed E-state index contributed by atoms with van der Waals surface area (Å²) < 4.78 is 5.00. The maximum atomic E-state index is 4.83. The Bertz CT molecular complexity index is 3170. The third kappa shape index (κ3) is 6.14. The van der Waals surface area contributed by atoms with Gasteiger partial charge in [-0.2, -0.15) is 0 Å². The van der Waals surface area contributed by atoms with Crippen LogP contribution in [0.4, 0.5) is 0 Å². The zero-order chi connectivity index (χ0) is 39.2. The predicted octanol–water partition coefficient (Wildman–Crippen LogP) is 14.9. The summed E-state index contributed by atoms with van der Waals surface area (Å²) in [7, 11) is 0. The third-order valence-corrected chi connectivity index (χ3v) is 12.6. The molecule has 1 aliphatic rings. The molecule has 58 heavy (non-hydrogen) atoms. The molecule has 1 atom stereocenters. The van der Waals surface area contributed by atoms with E-state index >= 15 is 0 Å². The molecule has 4 heteroatoms. The van der Waals surface area contributed by atoms with Crippen LogP contribution in [0.1, 0.15) is 37.1 Å². The Morgan fingerprint density at radius 3 is 2.09 bits per heavy atom. The number of hydrogen-bond donors (Lipinski definition) is 0. The second kappa shape index (κ2) is 14.9. The van der Waals surface area contributed by atoms with Crippen LogP contribution in [0.2, 0.25) is 0 Å². The van der Waals surface area contributed by atoms with Gasteiger partial charge in [-0.1, -0.05) is 105 Å². The lowest BCUT2D eigenvalue weighted by Crippen LogP contribution is -2.06. The molecule has 0 aliphatic heterocycles. The van der Waals surface area contributed by atoms with Crippen molar-refractivity contribution in [3.63, 3.8) is 0 Å². The molecule has 1 aliphatic carbocycles. The van der Waals surface area contributed by atoms with E-state index in [1.54, 1.807) is 0 Å². The highest BCUT2D eigenvalue weighted by atomic mass is 32.1. The molecule has 5 aromatic carbocycles. The SMILES string of the molecule is C=C/C(=C\C=C/C)c1ccc2sc3ccc(-n4c5ccc(C6=C(c7ccccn7)C(C)CC=C6)cc5c5cc(-c6ccccc6-c6ccccn6)ccc54)cc3c2c1. The molecule has 0 spiro atoms. The molecule has 9 aromatic rings. The summed E-state index contributed by atoms with van der Waals surface area (Å²) in [6.07, 6.45) is 17.6. The first-order chi connectivity index (χ1) is 28.6. The van der Waals surface area contributed by atoms with Crippen molar-refractivity contribution >= 4 is 70.0 Å². The Kier molecular flexibility index (Phi) is 9.12. The van der Waals surface area contributed by atoms with E-state index in [4.69, 9.17) is 9.97 Å². The summed E-state index contributed by atoms with van der Waals surface area (Å²) in [6.45, 7) is 8.47. The number of hydrogen-bond acceptors (Lipinski definition) is 3. The Hall–Kier alpha value is -6.88. The molecule has 0 amide bonds. The molecule has 0 fully saturated rings. The van der Waals surface area contributed by atoms with Crippen molar-refractivity contribution in [2.75, 3.05) is 0 Å². The number of allylic oxidation sites excluding steroid dienone is 9. The maximum Gasteiger partial charge on any atom is 0.0708 e. The van der Waals surface area contributed by atoms with Crippen molar-refractivity contribution in [2.45, 2.75) is 20.3 Å². The first kappa shape index (κ1) is 35.5. The van der Waals surface area contributed by atoms with Crippen LogP contribution >= 0.6 is 11.3 Å². The van der Waals surface area contributed by atoms with E-state index in [1.165, 1.54) is 64.3 Å². The van der Waals surface area contributed by atoms with E-state index in [2.05, 4.69) is 164 Å². The molecule has 0 radical (unpaired) electrons. The third-order valence-electron chi connectivity index (χ3n) is 11.5. The van der Waals surface area contributed by atoms with Crippen LogP contribution in [0.15, 0.2) is 189 Å². The Balaban J connectivity index is 1.21.